The molecule has 0 rings (SSSR count). The highest BCUT2D eigenvalue weighted by molar-refractivity contribution is 8.01. The molecule has 0 bridgehead atoms. The lowest BCUT2D eigenvalue weighted by molar-refractivity contribution is -0.120. The van der Waals surface area contributed by atoms with Gasteiger partial charge in [0.05, 0.1) is 11.4 Å². The average molecular weight is 206 g/mol. The molecule has 3 unspecified atom stereocenters. The fourth-order valence-electron chi connectivity index (χ4n) is 0.809. The molecule has 0 aliphatic rings. The fraction of sp³-hybridized carbons (Fsp3) is 0.875. The van der Waals surface area contributed by atoms with Crippen LogP contribution in [0, 0.1) is 0 Å². The smallest absolute Gasteiger partial charge is 0.246 e. The van der Waals surface area contributed by atoms with Gasteiger partial charge < -0.3 is 5.11 Å². The first-order chi connectivity index (χ1) is 6.02. The maximum atomic E-state index is 11.2. The molecular weight excluding hydrogens is 188 g/mol. The second-order valence-corrected chi connectivity index (χ2v) is 4.57. The van der Waals surface area contributed by atoms with Gasteiger partial charge in [0.15, 0.2) is 0 Å². The van der Waals surface area contributed by atoms with E-state index in [-0.39, 0.29) is 16.4 Å². The molecule has 0 heterocycles. The van der Waals surface area contributed by atoms with Gasteiger partial charge in [0, 0.05) is 5.25 Å². The first kappa shape index (κ1) is 12.7. The quantitative estimate of drug-likeness (QED) is 0.342. The zero-order chi connectivity index (χ0) is 10.4. The summed E-state index contributed by atoms with van der Waals surface area (Å²) in [7, 11) is 0. The molecule has 0 aliphatic carbocycles. The van der Waals surface area contributed by atoms with E-state index in [1.807, 2.05) is 13.8 Å². The van der Waals surface area contributed by atoms with E-state index in [9.17, 15) is 9.90 Å². The van der Waals surface area contributed by atoms with E-state index in [0.717, 1.165) is 0 Å². The maximum absolute atomic E-state index is 11.2. The van der Waals surface area contributed by atoms with Crippen molar-refractivity contribution in [3.63, 3.8) is 0 Å². The van der Waals surface area contributed by atoms with Crippen LogP contribution < -0.4 is 11.3 Å². The first-order valence-electron chi connectivity index (χ1n) is 4.36. The van der Waals surface area contributed by atoms with Gasteiger partial charge in [-0.2, -0.15) is 0 Å². The lowest BCUT2D eigenvalue weighted by atomic mass is 10.3. The predicted molar refractivity (Wildman–Crippen MR) is 55.1 cm³/mol. The largest absolute Gasteiger partial charge is 0.392 e. The Bertz CT molecular complexity index is 164. The minimum Gasteiger partial charge on any atom is -0.392 e. The summed E-state index contributed by atoms with van der Waals surface area (Å²) in [5.41, 5.74) is 2.12. The van der Waals surface area contributed by atoms with Gasteiger partial charge in [-0.05, 0) is 13.3 Å². The van der Waals surface area contributed by atoms with Crippen LogP contribution in [0.15, 0.2) is 0 Å². The predicted octanol–water partition coefficient (Wildman–Crippen LogP) is 0.257. The second kappa shape index (κ2) is 6.23. The number of hydrogen-bond acceptors (Lipinski definition) is 4. The van der Waals surface area contributed by atoms with E-state index >= 15 is 0 Å². The van der Waals surface area contributed by atoms with Gasteiger partial charge >= 0.3 is 0 Å². The average Bonchev–Trinajstić information content (AvgIpc) is 2.12. The number of carbonyl (C=O) groups excluding carboxylic acids is 1. The Morgan fingerprint density at radius 2 is 2.15 bits per heavy atom. The van der Waals surface area contributed by atoms with Crippen molar-refractivity contribution in [2.45, 2.75) is 43.8 Å². The molecule has 5 heteroatoms. The van der Waals surface area contributed by atoms with Crippen molar-refractivity contribution in [1.82, 2.24) is 5.43 Å². The summed E-state index contributed by atoms with van der Waals surface area (Å²) in [5.74, 6) is 4.84. The van der Waals surface area contributed by atoms with Gasteiger partial charge in [-0.15, -0.1) is 11.8 Å². The molecule has 3 atom stereocenters. The summed E-state index contributed by atoms with van der Waals surface area (Å²) in [6.07, 6.45) is 0.301. The molecule has 0 radical (unpaired) electrons. The van der Waals surface area contributed by atoms with E-state index in [4.69, 9.17) is 5.84 Å². The normalized spacial score (nSPS) is 17.6. The van der Waals surface area contributed by atoms with E-state index < -0.39 is 6.10 Å². The molecule has 0 aromatic rings. The van der Waals surface area contributed by atoms with Crippen LogP contribution in [0.2, 0.25) is 0 Å². The van der Waals surface area contributed by atoms with Gasteiger partial charge in [-0.25, -0.2) is 5.84 Å². The molecule has 0 aliphatic heterocycles. The Labute approximate surface area is 83.2 Å². The molecule has 4 nitrogen and oxygen atoms in total. The summed E-state index contributed by atoms with van der Waals surface area (Å²) in [5, 5.41) is 9.11. The van der Waals surface area contributed by atoms with Crippen molar-refractivity contribution in [3.05, 3.63) is 0 Å². The number of hydrogen-bond donors (Lipinski definition) is 3. The Kier molecular flexibility index (Phi) is 6.11. The minimum absolute atomic E-state index is 0.0437. The number of nitrogens with two attached hydrogens (primary N) is 1. The van der Waals surface area contributed by atoms with Crippen LogP contribution in [-0.4, -0.2) is 27.6 Å². The Morgan fingerprint density at radius 1 is 1.62 bits per heavy atom. The van der Waals surface area contributed by atoms with Gasteiger partial charge in [-0.1, -0.05) is 13.8 Å². The number of nitrogens with one attached hydrogen (secondary N) is 1. The second-order valence-electron chi connectivity index (χ2n) is 2.99. The third-order valence-electron chi connectivity index (χ3n) is 1.86. The maximum Gasteiger partial charge on any atom is 0.246 e. The number of hydrazine groups is 1. The van der Waals surface area contributed by atoms with Gasteiger partial charge in [0.1, 0.15) is 0 Å². The lowest BCUT2D eigenvalue weighted by Crippen LogP contribution is -2.38. The molecule has 0 aromatic heterocycles. The molecule has 0 fully saturated rings. The minimum atomic E-state index is -0.412. The highest BCUT2D eigenvalue weighted by atomic mass is 32.2. The number of aliphatic hydroxyl groups is 1. The third-order valence-corrected chi connectivity index (χ3v) is 3.56. The standard InChI is InChI=1S/C8H18N2O2S/c1-4-7(8(12)10-9)13-6(3)5(2)11/h5-7,11H,4,9H2,1-3H3,(H,10,12). The molecular formula is C8H18N2O2S. The van der Waals surface area contributed by atoms with E-state index in [0.29, 0.717) is 6.42 Å². The van der Waals surface area contributed by atoms with Crippen molar-refractivity contribution in [1.29, 1.82) is 0 Å². The molecule has 78 valence electrons. The molecule has 0 saturated heterocycles. The fourth-order valence-corrected chi connectivity index (χ4v) is 1.94. The summed E-state index contributed by atoms with van der Waals surface area (Å²) in [4.78, 5) is 11.2. The summed E-state index contributed by atoms with van der Waals surface area (Å²) >= 11 is 1.44. The zero-order valence-electron chi connectivity index (χ0n) is 8.28. The molecule has 1 amide bonds. The Hall–Kier alpha value is -0.260. The Morgan fingerprint density at radius 3 is 2.46 bits per heavy atom. The van der Waals surface area contributed by atoms with Crippen LogP contribution >= 0.6 is 11.8 Å². The number of carbonyl (C=O) groups is 1. The molecule has 13 heavy (non-hydrogen) atoms. The van der Waals surface area contributed by atoms with Crippen molar-refractivity contribution in [2.75, 3.05) is 0 Å². The van der Waals surface area contributed by atoms with E-state index in [1.165, 1.54) is 11.8 Å². The van der Waals surface area contributed by atoms with Crippen molar-refractivity contribution >= 4 is 17.7 Å². The van der Waals surface area contributed by atoms with E-state index in [1.54, 1.807) is 6.92 Å². The van der Waals surface area contributed by atoms with Crippen LogP contribution in [0.1, 0.15) is 27.2 Å². The Balaban J connectivity index is 4.05. The number of thioether (sulfide) groups is 1. The van der Waals surface area contributed by atoms with E-state index in [2.05, 4.69) is 5.43 Å². The van der Waals surface area contributed by atoms with Crippen molar-refractivity contribution < 1.29 is 9.90 Å². The molecule has 0 saturated carbocycles. The van der Waals surface area contributed by atoms with Crippen LogP contribution in [0.3, 0.4) is 0 Å². The number of aliphatic hydroxyl groups excluding tert-OH is 1. The summed E-state index contributed by atoms with van der Waals surface area (Å²) < 4.78 is 0. The van der Waals surface area contributed by atoms with Gasteiger partial charge in [0.2, 0.25) is 5.91 Å². The highest BCUT2D eigenvalue weighted by Crippen LogP contribution is 2.22. The molecule has 4 N–H and O–H groups in total. The third kappa shape index (κ3) is 4.50. The lowest BCUT2D eigenvalue weighted by Gasteiger charge is -2.19. The van der Waals surface area contributed by atoms with Crippen LogP contribution in [0.25, 0.3) is 0 Å². The highest BCUT2D eigenvalue weighted by Gasteiger charge is 2.21. The molecule has 0 spiro atoms. The van der Waals surface area contributed by atoms with Crippen molar-refractivity contribution in [2.24, 2.45) is 5.84 Å². The zero-order valence-corrected chi connectivity index (χ0v) is 9.10. The van der Waals surface area contributed by atoms with Gasteiger partial charge in [0.25, 0.3) is 0 Å². The molecule has 0 aromatic carbocycles. The summed E-state index contributed by atoms with van der Waals surface area (Å²) in [6, 6.07) is 0. The van der Waals surface area contributed by atoms with Crippen LogP contribution in [0.4, 0.5) is 0 Å². The van der Waals surface area contributed by atoms with Gasteiger partial charge in [-0.3, -0.25) is 10.2 Å². The van der Waals surface area contributed by atoms with Crippen LogP contribution in [-0.2, 0) is 4.79 Å². The number of amides is 1. The number of rotatable bonds is 5. The monoisotopic (exact) mass is 206 g/mol. The SMILES string of the molecule is CCC(SC(C)C(C)O)C(=O)NN. The first-order valence-corrected chi connectivity index (χ1v) is 5.31. The topological polar surface area (TPSA) is 75.3 Å². The van der Waals surface area contributed by atoms with Crippen molar-refractivity contribution in [3.8, 4) is 0 Å². The summed E-state index contributed by atoms with van der Waals surface area (Å²) in [6.45, 7) is 5.52. The van der Waals surface area contributed by atoms with Crippen LogP contribution in [0.5, 0.6) is 0 Å².